The summed E-state index contributed by atoms with van der Waals surface area (Å²) in [6.07, 6.45) is 6.60. The molecular weight excluding hydrogens is 310 g/mol. The highest BCUT2D eigenvalue weighted by Gasteiger charge is 2.22. The number of anilines is 1. The Bertz CT molecular complexity index is 542. The van der Waals surface area contributed by atoms with E-state index in [-0.39, 0.29) is 18.2 Å². The van der Waals surface area contributed by atoms with E-state index in [9.17, 15) is 9.59 Å². The number of nitrogens with zero attached hydrogens (tertiary/aromatic N) is 1. The van der Waals surface area contributed by atoms with E-state index in [1.807, 2.05) is 26.2 Å². The normalized spacial score (nSPS) is 16.1. The van der Waals surface area contributed by atoms with Crippen molar-refractivity contribution >= 4 is 28.3 Å². The van der Waals surface area contributed by atoms with Crippen molar-refractivity contribution in [1.82, 2.24) is 10.3 Å². The molecule has 0 spiro atoms. The van der Waals surface area contributed by atoms with Gasteiger partial charge in [0.25, 0.3) is 0 Å². The number of hydrogen-bond acceptors (Lipinski definition) is 4. The van der Waals surface area contributed by atoms with Gasteiger partial charge in [-0.3, -0.25) is 9.59 Å². The van der Waals surface area contributed by atoms with Gasteiger partial charge in [0.1, 0.15) is 0 Å². The van der Waals surface area contributed by atoms with Crippen LogP contribution in [0.3, 0.4) is 0 Å². The Balaban J connectivity index is 1.77. The molecule has 1 saturated carbocycles. The molecule has 5 nitrogen and oxygen atoms in total. The highest BCUT2D eigenvalue weighted by Crippen LogP contribution is 2.23. The number of aromatic nitrogens is 1. The van der Waals surface area contributed by atoms with E-state index >= 15 is 0 Å². The average molecular weight is 337 g/mol. The summed E-state index contributed by atoms with van der Waals surface area (Å²) in [5.41, 5.74) is 0.254. The van der Waals surface area contributed by atoms with Crippen molar-refractivity contribution in [3.05, 3.63) is 11.1 Å². The summed E-state index contributed by atoms with van der Waals surface area (Å²) in [5.74, 6) is 0.569. The van der Waals surface area contributed by atoms with Crippen LogP contribution in [0.5, 0.6) is 0 Å². The maximum Gasteiger partial charge on any atom is 0.231 e. The quantitative estimate of drug-likeness (QED) is 0.865. The molecule has 2 N–H and O–H groups in total. The number of thiazole rings is 1. The van der Waals surface area contributed by atoms with Gasteiger partial charge < -0.3 is 10.6 Å². The zero-order chi connectivity index (χ0) is 16.9. The highest BCUT2D eigenvalue weighted by atomic mass is 32.1. The molecule has 0 aromatic carbocycles. The maximum absolute atomic E-state index is 12.0. The molecule has 6 heteroatoms. The second kappa shape index (κ2) is 7.90. The lowest BCUT2D eigenvalue weighted by atomic mass is 9.89. The zero-order valence-corrected chi connectivity index (χ0v) is 15.1. The van der Waals surface area contributed by atoms with Crippen molar-refractivity contribution in [3.8, 4) is 0 Å². The number of carbonyl (C=O) groups excluding carboxylic acids is 2. The van der Waals surface area contributed by atoms with Crippen LogP contribution in [0.15, 0.2) is 5.38 Å². The van der Waals surface area contributed by atoms with E-state index in [1.54, 1.807) is 0 Å². The molecule has 2 rings (SSSR count). The van der Waals surface area contributed by atoms with Gasteiger partial charge in [0.15, 0.2) is 5.13 Å². The lowest BCUT2D eigenvalue weighted by molar-refractivity contribution is -0.123. The zero-order valence-electron chi connectivity index (χ0n) is 14.3. The van der Waals surface area contributed by atoms with Crippen LogP contribution in [0, 0.1) is 11.3 Å². The number of carbonyl (C=O) groups is 2. The van der Waals surface area contributed by atoms with Gasteiger partial charge in [-0.05, 0) is 18.8 Å². The van der Waals surface area contributed by atoms with Crippen molar-refractivity contribution in [1.29, 1.82) is 0 Å². The van der Waals surface area contributed by atoms with Crippen LogP contribution in [-0.4, -0.2) is 23.3 Å². The molecule has 0 aliphatic heterocycles. The Hall–Kier alpha value is -1.43. The van der Waals surface area contributed by atoms with E-state index in [2.05, 4.69) is 15.6 Å². The van der Waals surface area contributed by atoms with Gasteiger partial charge in [0, 0.05) is 17.3 Å². The van der Waals surface area contributed by atoms with Crippen LogP contribution in [0.4, 0.5) is 5.13 Å². The summed E-state index contributed by atoms with van der Waals surface area (Å²) < 4.78 is 0. The average Bonchev–Trinajstić information content (AvgIpc) is 2.92. The topological polar surface area (TPSA) is 71.1 Å². The van der Waals surface area contributed by atoms with Gasteiger partial charge in [-0.1, -0.05) is 40.0 Å². The second-order valence-corrected chi connectivity index (χ2v) is 8.19. The van der Waals surface area contributed by atoms with Crippen LogP contribution in [0.2, 0.25) is 0 Å². The first-order valence-electron chi connectivity index (χ1n) is 8.37. The summed E-state index contributed by atoms with van der Waals surface area (Å²) in [7, 11) is 0. The standard InChI is InChI=1S/C17H27N3O2S/c1-17(2,3)15(22)20-16-19-13(11-23-16)9-14(21)18-10-12-7-5-4-6-8-12/h11-12H,4-10H2,1-3H3,(H,18,21)(H,19,20,22). The number of rotatable bonds is 5. The first-order chi connectivity index (χ1) is 10.8. The Kier molecular flexibility index (Phi) is 6.16. The van der Waals surface area contributed by atoms with Crippen LogP contribution >= 0.6 is 11.3 Å². The fourth-order valence-electron chi connectivity index (χ4n) is 2.61. The number of nitrogens with one attached hydrogen (secondary N) is 2. The molecule has 1 aliphatic carbocycles. The minimum absolute atomic E-state index is 0.00886. The molecule has 0 radical (unpaired) electrons. The van der Waals surface area contributed by atoms with Crippen LogP contribution in [0.25, 0.3) is 0 Å². The molecule has 1 aromatic rings. The van der Waals surface area contributed by atoms with Crippen LogP contribution < -0.4 is 10.6 Å². The fraction of sp³-hybridized carbons (Fsp3) is 0.706. The third kappa shape index (κ3) is 5.94. The second-order valence-electron chi connectivity index (χ2n) is 7.33. The molecule has 1 fully saturated rings. The Morgan fingerprint density at radius 3 is 2.61 bits per heavy atom. The SMILES string of the molecule is CC(C)(C)C(=O)Nc1nc(CC(=O)NCC2CCCCC2)cs1. The summed E-state index contributed by atoms with van der Waals surface area (Å²) in [6.45, 7) is 6.34. The molecule has 1 aliphatic rings. The monoisotopic (exact) mass is 337 g/mol. The molecule has 128 valence electrons. The Morgan fingerprint density at radius 1 is 1.26 bits per heavy atom. The highest BCUT2D eigenvalue weighted by molar-refractivity contribution is 7.13. The third-order valence-corrected chi connectivity index (χ3v) is 4.91. The molecule has 1 heterocycles. The van der Waals surface area contributed by atoms with Gasteiger partial charge in [-0.2, -0.15) is 0 Å². The van der Waals surface area contributed by atoms with Gasteiger partial charge in [0.2, 0.25) is 11.8 Å². The van der Waals surface area contributed by atoms with E-state index in [4.69, 9.17) is 0 Å². The smallest absolute Gasteiger partial charge is 0.231 e. The Labute approximate surface area is 142 Å². The first kappa shape index (κ1) is 17.9. The summed E-state index contributed by atoms with van der Waals surface area (Å²) in [6, 6.07) is 0. The lowest BCUT2D eigenvalue weighted by Gasteiger charge is -2.21. The number of hydrogen-bond donors (Lipinski definition) is 2. The van der Waals surface area contributed by atoms with Crippen molar-refractivity contribution < 1.29 is 9.59 Å². The molecule has 23 heavy (non-hydrogen) atoms. The van der Waals surface area contributed by atoms with Crippen molar-refractivity contribution in [3.63, 3.8) is 0 Å². The van der Waals surface area contributed by atoms with Crippen LogP contribution in [-0.2, 0) is 16.0 Å². The molecule has 1 aromatic heterocycles. The van der Waals surface area contributed by atoms with Gasteiger partial charge in [0.05, 0.1) is 12.1 Å². The van der Waals surface area contributed by atoms with E-state index in [1.165, 1.54) is 43.4 Å². The van der Waals surface area contributed by atoms with E-state index in [0.717, 1.165) is 6.54 Å². The molecular formula is C17H27N3O2S. The minimum Gasteiger partial charge on any atom is -0.355 e. The summed E-state index contributed by atoms with van der Waals surface area (Å²) >= 11 is 1.36. The maximum atomic E-state index is 12.0. The van der Waals surface area contributed by atoms with Crippen molar-refractivity contribution in [2.24, 2.45) is 11.3 Å². The van der Waals surface area contributed by atoms with Crippen molar-refractivity contribution in [2.75, 3.05) is 11.9 Å². The lowest BCUT2D eigenvalue weighted by Crippen LogP contribution is -2.31. The van der Waals surface area contributed by atoms with Gasteiger partial charge >= 0.3 is 0 Å². The molecule has 2 amide bonds. The van der Waals surface area contributed by atoms with Crippen molar-refractivity contribution in [2.45, 2.75) is 59.3 Å². The molecule has 0 bridgehead atoms. The predicted octanol–water partition coefficient (Wildman–Crippen LogP) is 3.37. The van der Waals surface area contributed by atoms with Gasteiger partial charge in [-0.15, -0.1) is 11.3 Å². The molecule has 0 atom stereocenters. The molecule has 0 saturated heterocycles. The van der Waals surface area contributed by atoms with Gasteiger partial charge in [-0.25, -0.2) is 4.98 Å². The fourth-order valence-corrected chi connectivity index (χ4v) is 3.31. The largest absolute Gasteiger partial charge is 0.355 e. The summed E-state index contributed by atoms with van der Waals surface area (Å²) in [5, 5.41) is 8.20. The Morgan fingerprint density at radius 2 is 1.96 bits per heavy atom. The van der Waals surface area contributed by atoms with Crippen LogP contribution in [0.1, 0.15) is 58.6 Å². The first-order valence-corrected chi connectivity index (χ1v) is 9.25. The van der Waals surface area contributed by atoms with E-state index in [0.29, 0.717) is 16.7 Å². The predicted molar refractivity (Wildman–Crippen MR) is 93.5 cm³/mol. The van der Waals surface area contributed by atoms with E-state index < -0.39 is 5.41 Å². The third-order valence-electron chi connectivity index (χ3n) is 4.11. The minimum atomic E-state index is -0.455. The summed E-state index contributed by atoms with van der Waals surface area (Å²) in [4.78, 5) is 28.3. The molecule has 0 unspecified atom stereocenters. The number of amides is 2.